The topological polar surface area (TPSA) is 54.9 Å². The van der Waals surface area contributed by atoms with E-state index in [0.29, 0.717) is 12.2 Å². The second-order valence-electron chi connectivity index (χ2n) is 7.69. The van der Waals surface area contributed by atoms with Crippen molar-refractivity contribution < 1.29 is 0 Å². The van der Waals surface area contributed by atoms with Gasteiger partial charge in [0.15, 0.2) is 0 Å². The molecule has 0 aliphatic carbocycles. The molecule has 3 rings (SSSR count). The van der Waals surface area contributed by atoms with Crippen LogP contribution in [-0.2, 0) is 12.0 Å². The van der Waals surface area contributed by atoms with Crippen LogP contribution in [0.1, 0.15) is 37.6 Å². The average molecular weight is 395 g/mol. The van der Waals surface area contributed by atoms with Crippen LogP contribution in [0.2, 0.25) is 5.02 Å². The smallest absolute Gasteiger partial charge is 0.267 e. The van der Waals surface area contributed by atoms with Crippen molar-refractivity contribution >= 4 is 17.2 Å². The molecule has 0 bridgehead atoms. The second kappa shape index (κ2) is 8.03. The first-order chi connectivity index (χ1) is 13.3. The third-order valence-electron chi connectivity index (χ3n) is 4.60. The summed E-state index contributed by atoms with van der Waals surface area (Å²) in [5.41, 5.74) is 3.30. The molecular weight excluding hydrogens is 372 g/mol. The molecule has 28 heavy (non-hydrogen) atoms. The zero-order valence-electron chi connectivity index (χ0n) is 16.2. The Kier molecular flexibility index (Phi) is 5.71. The van der Waals surface area contributed by atoms with Gasteiger partial charge in [0.25, 0.3) is 11.1 Å². The Labute approximate surface area is 169 Å². The lowest BCUT2D eigenvalue weighted by molar-refractivity contribution is 0.590. The number of benzene rings is 1. The van der Waals surface area contributed by atoms with E-state index >= 15 is 0 Å². The van der Waals surface area contributed by atoms with Crippen molar-refractivity contribution in [2.75, 3.05) is 0 Å². The Morgan fingerprint density at radius 1 is 1.04 bits per heavy atom. The maximum Gasteiger partial charge on any atom is 0.267 e. The number of halogens is 1. The fourth-order valence-corrected chi connectivity index (χ4v) is 3.06. The summed E-state index contributed by atoms with van der Waals surface area (Å²) in [6, 6.07) is 16.7. The molecule has 0 radical (unpaired) electrons. The summed E-state index contributed by atoms with van der Waals surface area (Å²) in [5.74, 6) is 0. The minimum Gasteiger partial charge on any atom is -0.321 e. The standard InChI is InChI=1S/C23H23ClN2O2/c1-23(2,3)17-9-7-16(8-10-17)18(20-12-11-19(24)22(28)25-20)13-15-26-14-5-4-6-21(26)27/h4-14H,15H2,1-3H3,(H,25,28)/b18-13-. The highest BCUT2D eigenvalue weighted by atomic mass is 35.5. The van der Waals surface area contributed by atoms with Gasteiger partial charge in [-0.3, -0.25) is 9.59 Å². The third-order valence-corrected chi connectivity index (χ3v) is 4.90. The summed E-state index contributed by atoms with van der Waals surface area (Å²) in [6.45, 7) is 6.88. The van der Waals surface area contributed by atoms with Crippen LogP contribution in [0, 0.1) is 0 Å². The Morgan fingerprint density at radius 3 is 2.36 bits per heavy atom. The van der Waals surface area contributed by atoms with Gasteiger partial charge in [-0.15, -0.1) is 0 Å². The minimum atomic E-state index is -0.340. The van der Waals surface area contributed by atoms with Gasteiger partial charge >= 0.3 is 0 Å². The Morgan fingerprint density at radius 2 is 1.75 bits per heavy atom. The van der Waals surface area contributed by atoms with E-state index < -0.39 is 0 Å². The summed E-state index contributed by atoms with van der Waals surface area (Å²) in [6.07, 6.45) is 3.68. The van der Waals surface area contributed by atoms with Crippen LogP contribution in [0.5, 0.6) is 0 Å². The van der Waals surface area contributed by atoms with E-state index in [1.54, 1.807) is 29.0 Å². The van der Waals surface area contributed by atoms with Gasteiger partial charge in [-0.2, -0.15) is 0 Å². The molecule has 0 amide bonds. The van der Waals surface area contributed by atoms with Crippen LogP contribution in [0.15, 0.2) is 76.5 Å². The third kappa shape index (κ3) is 4.52. The van der Waals surface area contributed by atoms with E-state index in [0.717, 1.165) is 11.1 Å². The number of nitrogens with one attached hydrogen (secondary N) is 1. The summed E-state index contributed by atoms with van der Waals surface area (Å²) in [7, 11) is 0. The lowest BCUT2D eigenvalue weighted by Crippen LogP contribution is -2.17. The van der Waals surface area contributed by atoms with E-state index in [4.69, 9.17) is 11.6 Å². The van der Waals surface area contributed by atoms with Crippen molar-refractivity contribution in [1.82, 2.24) is 9.55 Å². The molecule has 144 valence electrons. The highest BCUT2D eigenvalue weighted by Crippen LogP contribution is 2.27. The summed E-state index contributed by atoms with van der Waals surface area (Å²) >= 11 is 5.89. The van der Waals surface area contributed by atoms with Gasteiger partial charge < -0.3 is 9.55 Å². The van der Waals surface area contributed by atoms with Crippen LogP contribution in [0.4, 0.5) is 0 Å². The first-order valence-electron chi connectivity index (χ1n) is 9.11. The number of nitrogens with zero attached hydrogens (tertiary/aromatic N) is 1. The van der Waals surface area contributed by atoms with Gasteiger partial charge in [-0.25, -0.2) is 0 Å². The Balaban J connectivity index is 2.07. The predicted octanol–water partition coefficient (Wildman–Crippen LogP) is 4.62. The zero-order valence-corrected chi connectivity index (χ0v) is 17.0. The fraction of sp³-hybridized carbons (Fsp3) is 0.217. The number of hydrogen-bond acceptors (Lipinski definition) is 2. The Bertz CT molecular complexity index is 1120. The molecule has 0 spiro atoms. The molecule has 0 saturated carbocycles. The first-order valence-corrected chi connectivity index (χ1v) is 9.49. The molecular formula is C23H23ClN2O2. The molecule has 1 N–H and O–H groups in total. The molecule has 2 aromatic heterocycles. The largest absolute Gasteiger partial charge is 0.321 e. The lowest BCUT2D eigenvalue weighted by Gasteiger charge is -2.19. The SMILES string of the molecule is CC(C)(C)c1ccc(/C(=C/Cn2ccccc2=O)c2ccc(Cl)c(=O)[nH]2)cc1. The van der Waals surface area contributed by atoms with Crippen molar-refractivity contribution in [3.8, 4) is 0 Å². The van der Waals surface area contributed by atoms with Gasteiger partial charge in [0.1, 0.15) is 5.02 Å². The van der Waals surface area contributed by atoms with Gasteiger partial charge in [0.2, 0.25) is 0 Å². The Hall–Kier alpha value is -2.85. The van der Waals surface area contributed by atoms with Crippen molar-refractivity contribution in [2.24, 2.45) is 0 Å². The van der Waals surface area contributed by atoms with E-state index in [9.17, 15) is 9.59 Å². The second-order valence-corrected chi connectivity index (χ2v) is 8.09. The monoisotopic (exact) mass is 394 g/mol. The van der Waals surface area contributed by atoms with Crippen molar-refractivity contribution in [1.29, 1.82) is 0 Å². The molecule has 0 unspecified atom stereocenters. The fourth-order valence-electron chi connectivity index (χ4n) is 2.95. The summed E-state index contributed by atoms with van der Waals surface area (Å²) in [4.78, 5) is 26.9. The average Bonchev–Trinajstić information content (AvgIpc) is 2.66. The summed E-state index contributed by atoms with van der Waals surface area (Å²) < 4.78 is 1.61. The molecule has 5 heteroatoms. The molecule has 4 nitrogen and oxygen atoms in total. The van der Waals surface area contributed by atoms with Crippen LogP contribution in [0.3, 0.4) is 0 Å². The van der Waals surface area contributed by atoms with Crippen molar-refractivity contribution in [2.45, 2.75) is 32.7 Å². The van der Waals surface area contributed by atoms with Gasteiger partial charge in [0.05, 0.1) is 0 Å². The van der Waals surface area contributed by atoms with Gasteiger partial charge in [0, 0.05) is 30.1 Å². The zero-order chi connectivity index (χ0) is 20.3. The van der Waals surface area contributed by atoms with Crippen LogP contribution in [-0.4, -0.2) is 9.55 Å². The van der Waals surface area contributed by atoms with Crippen LogP contribution >= 0.6 is 11.6 Å². The number of aromatic nitrogens is 2. The maximum absolute atomic E-state index is 12.0. The highest BCUT2D eigenvalue weighted by molar-refractivity contribution is 6.30. The predicted molar refractivity (Wildman–Crippen MR) is 115 cm³/mol. The van der Waals surface area contributed by atoms with E-state index in [1.807, 2.05) is 24.3 Å². The number of rotatable bonds is 4. The molecule has 1 aromatic carbocycles. The molecule has 3 aromatic rings. The van der Waals surface area contributed by atoms with Gasteiger partial charge in [-0.1, -0.05) is 68.8 Å². The quantitative estimate of drug-likeness (QED) is 0.702. The molecule has 2 heterocycles. The molecule has 0 fully saturated rings. The molecule has 0 atom stereocenters. The maximum atomic E-state index is 12.0. The van der Waals surface area contributed by atoms with Crippen LogP contribution < -0.4 is 11.1 Å². The number of hydrogen-bond donors (Lipinski definition) is 1. The van der Waals surface area contributed by atoms with Gasteiger partial charge in [-0.05, 0) is 34.7 Å². The normalized spacial score (nSPS) is 12.2. The highest BCUT2D eigenvalue weighted by Gasteiger charge is 2.14. The van der Waals surface area contributed by atoms with E-state index in [1.165, 1.54) is 11.6 Å². The summed E-state index contributed by atoms with van der Waals surface area (Å²) in [5, 5.41) is 0.144. The first kappa shape index (κ1) is 19.9. The minimum absolute atomic E-state index is 0.0499. The van der Waals surface area contributed by atoms with E-state index in [-0.39, 0.29) is 21.6 Å². The lowest BCUT2D eigenvalue weighted by atomic mass is 9.86. The molecule has 0 aliphatic heterocycles. The number of pyridine rings is 2. The van der Waals surface area contributed by atoms with E-state index in [2.05, 4.69) is 37.9 Å². The van der Waals surface area contributed by atoms with Crippen molar-refractivity contribution in [3.05, 3.63) is 109 Å². The molecule has 0 aliphatic rings. The number of H-pyrrole nitrogens is 1. The van der Waals surface area contributed by atoms with Crippen LogP contribution in [0.25, 0.3) is 5.57 Å². The number of allylic oxidation sites excluding steroid dienone is 1. The number of aromatic amines is 1. The molecule has 0 saturated heterocycles. The van der Waals surface area contributed by atoms with Crippen molar-refractivity contribution in [3.63, 3.8) is 0 Å².